The summed E-state index contributed by atoms with van der Waals surface area (Å²) in [7, 11) is 1.28. The Balaban J connectivity index is 1.73. The number of methoxy groups -OCH3 is 1. The number of hydrogen-bond acceptors (Lipinski definition) is 7. The monoisotopic (exact) mass is 410 g/mol. The van der Waals surface area contributed by atoms with Gasteiger partial charge in [0.1, 0.15) is 0 Å². The first-order valence-corrected chi connectivity index (χ1v) is 9.40. The van der Waals surface area contributed by atoms with E-state index in [0.717, 1.165) is 17.3 Å². The molecular weight excluding hydrogens is 392 g/mol. The Hall–Kier alpha value is -3.59. The summed E-state index contributed by atoms with van der Waals surface area (Å²) in [6.45, 7) is 0.142. The van der Waals surface area contributed by atoms with Gasteiger partial charge in [-0.1, -0.05) is 30.3 Å². The molecule has 1 heterocycles. The number of esters is 1. The molecule has 8 nitrogen and oxygen atoms in total. The van der Waals surface area contributed by atoms with Crippen LogP contribution in [0.15, 0.2) is 54.7 Å². The maximum absolute atomic E-state index is 12.4. The molecule has 0 spiro atoms. The van der Waals surface area contributed by atoms with E-state index >= 15 is 0 Å². The van der Waals surface area contributed by atoms with Gasteiger partial charge in [0.2, 0.25) is 5.91 Å². The first kappa shape index (κ1) is 20.2. The molecule has 29 heavy (non-hydrogen) atoms. The molecule has 0 aliphatic heterocycles. The number of nitrogens with one attached hydrogen (secondary N) is 2. The molecule has 0 atom stereocenters. The fourth-order valence-electron chi connectivity index (χ4n) is 2.63. The summed E-state index contributed by atoms with van der Waals surface area (Å²) in [6, 6.07) is 14.1. The van der Waals surface area contributed by atoms with Crippen LogP contribution in [0.3, 0.4) is 0 Å². The number of carbonyl (C=O) groups excluding carboxylic acids is 3. The van der Waals surface area contributed by atoms with Crippen LogP contribution in [-0.2, 0) is 22.5 Å². The van der Waals surface area contributed by atoms with Crippen molar-refractivity contribution in [2.45, 2.75) is 13.0 Å². The Bertz CT molecular complexity index is 1010. The molecule has 0 aliphatic carbocycles. The average Bonchev–Trinajstić information content (AvgIpc) is 3.27. The van der Waals surface area contributed by atoms with Gasteiger partial charge in [-0.3, -0.25) is 9.59 Å². The van der Waals surface area contributed by atoms with Crippen molar-refractivity contribution in [3.63, 3.8) is 0 Å². The van der Waals surface area contributed by atoms with Gasteiger partial charge in [-0.05, 0) is 29.3 Å². The van der Waals surface area contributed by atoms with Gasteiger partial charge >= 0.3 is 5.97 Å². The zero-order chi connectivity index (χ0) is 20.6. The highest BCUT2D eigenvalue weighted by Gasteiger charge is 2.13. The Morgan fingerprint density at radius 2 is 1.86 bits per heavy atom. The Morgan fingerprint density at radius 1 is 1.07 bits per heavy atom. The predicted octanol–water partition coefficient (Wildman–Crippen LogP) is 2.44. The second-order valence-electron chi connectivity index (χ2n) is 6.10. The van der Waals surface area contributed by atoms with Crippen LogP contribution in [0, 0.1) is 0 Å². The van der Waals surface area contributed by atoms with E-state index in [1.54, 1.807) is 12.1 Å². The molecule has 3 aromatic rings. The molecule has 0 unspecified atom stereocenters. The topological polar surface area (TPSA) is 110 Å². The zero-order valence-corrected chi connectivity index (χ0v) is 16.4. The second kappa shape index (κ2) is 9.56. The van der Waals surface area contributed by atoms with Crippen molar-refractivity contribution in [2.24, 2.45) is 0 Å². The first-order chi connectivity index (χ1) is 14.0. The quantitative estimate of drug-likeness (QED) is 0.579. The standard InChI is InChI=1S/C20H18N4O4S/c1-28-20(27)15-7-14(11-21-19(26)17-12-22-29-24-17)8-16(10-15)23-18(25)9-13-5-3-2-4-6-13/h2-8,10,12H,9,11H2,1H3,(H,21,26)(H,23,25). The molecule has 2 N–H and O–H groups in total. The third-order valence-corrected chi connectivity index (χ3v) is 4.43. The average molecular weight is 410 g/mol. The first-order valence-electron chi connectivity index (χ1n) is 8.67. The molecule has 0 saturated heterocycles. The van der Waals surface area contributed by atoms with Crippen LogP contribution < -0.4 is 10.6 Å². The van der Waals surface area contributed by atoms with Crippen molar-refractivity contribution >= 4 is 35.2 Å². The summed E-state index contributed by atoms with van der Waals surface area (Å²) >= 11 is 0.939. The molecular formula is C20H18N4O4S. The van der Waals surface area contributed by atoms with Crippen molar-refractivity contribution in [1.29, 1.82) is 0 Å². The van der Waals surface area contributed by atoms with Crippen LogP contribution in [0.25, 0.3) is 0 Å². The summed E-state index contributed by atoms with van der Waals surface area (Å²) in [4.78, 5) is 36.4. The molecule has 2 aromatic carbocycles. The maximum atomic E-state index is 12.4. The van der Waals surface area contributed by atoms with E-state index in [2.05, 4.69) is 19.4 Å². The minimum Gasteiger partial charge on any atom is -0.465 e. The fraction of sp³-hybridized carbons (Fsp3) is 0.150. The largest absolute Gasteiger partial charge is 0.465 e. The van der Waals surface area contributed by atoms with Crippen molar-refractivity contribution in [1.82, 2.24) is 14.1 Å². The molecule has 148 valence electrons. The number of nitrogens with zero attached hydrogens (tertiary/aromatic N) is 2. The van der Waals surface area contributed by atoms with Gasteiger partial charge < -0.3 is 15.4 Å². The Morgan fingerprint density at radius 3 is 2.55 bits per heavy atom. The summed E-state index contributed by atoms with van der Waals surface area (Å²) in [5, 5.41) is 5.49. The summed E-state index contributed by atoms with van der Waals surface area (Å²) in [5.74, 6) is -1.14. The third-order valence-electron chi connectivity index (χ3n) is 3.95. The van der Waals surface area contributed by atoms with E-state index in [0.29, 0.717) is 11.3 Å². The van der Waals surface area contributed by atoms with Crippen molar-refractivity contribution in [2.75, 3.05) is 12.4 Å². The molecule has 9 heteroatoms. The predicted molar refractivity (Wildman–Crippen MR) is 108 cm³/mol. The SMILES string of the molecule is COC(=O)c1cc(CNC(=O)c2cnsn2)cc(NC(=O)Cc2ccccc2)c1. The fourth-order valence-corrected chi connectivity index (χ4v) is 3.04. The molecule has 0 saturated carbocycles. The maximum Gasteiger partial charge on any atom is 0.337 e. The number of benzene rings is 2. The lowest BCUT2D eigenvalue weighted by Gasteiger charge is -2.11. The molecule has 1 aromatic heterocycles. The van der Waals surface area contributed by atoms with E-state index in [1.807, 2.05) is 30.3 Å². The minimum atomic E-state index is -0.541. The van der Waals surface area contributed by atoms with E-state index < -0.39 is 5.97 Å². The van der Waals surface area contributed by atoms with Gasteiger partial charge in [0.05, 0.1) is 37.0 Å². The second-order valence-corrected chi connectivity index (χ2v) is 6.65. The van der Waals surface area contributed by atoms with Crippen molar-refractivity contribution in [3.8, 4) is 0 Å². The Labute approximate surface area is 171 Å². The number of amides is 2. The molecule has 3 rings (SSSR count). The zero-order valence-electron chi connectivity index (χ0n) is 15.5. The van der Waals surface area contributed by atoms with Gasteiger partial charge in [-0.15, -0.1) is 0 Å². The number of carbonyl (C=O) groups is 3. The lowest BCUT2D eigenvalue weighted by Crippen LogP contribution is -2.23. The van der Waals surface area contributed by atoms with Crippen molar-refractivity contribution in [3.05, 3.63) is 77.1 Å². The number of aromatic nitrogens is 2. The molecule has 0 bridgehead atoms. The van der Waals surface area contributed by atoms with Crippen LogP contribution in [0.2, 0.25) is 0 Å². The molecule has 2 amide bonds. The number of anilines is 1. The molecule has 0 aliphatic rings. The number of ether oxygens (including phenoxy) is 1. The number of hydrogen-bond donors (Lipinski definition) is 2. The number of rotatable bonds is 7. The lowest BCUT2D eigenvalue weighted by molar-refractivity contribution is -0.115. The third kappa shape index (κ3) is 5.69. The van der Waals surface area contributed by atoms with Gasteiger partial charge in [0, 0.05) is 12.2 Å². The van der Waals surface area contributed by atoms with E-state index in [9.17, 15) is 14.4 Å². The summed E-state index contributed by atoms with van der Waals surface area (Å²) < 4.78 is 12.4. The smallest absolute Gasteiger partial charge is 0.337 e. The lowest BCUT2D eigenvalue weighted by atomic mass is 10.1. The highest BCUT2D eigenvalue weighted by Crippen LogP contribution is 2.17. The summed E-state index contributed by atoms with van der Waals surface area (Å²) in [6.07, 6.45) is 1.58. The van der Waals surface area contributed by atoms with E-state index in [-0.39, 0.29) is 36.0 Å². The van der Waals surface area contributed by atoms with E-state index in [4.69, 9.17) is 4.74 Å². The molecule has 0 radical (unpaired) electrons. The van der Waals surface area contributed by atoms with Crippen LogP contribution in [-0.4, -0.2) is 33.6 Å². The normalized spacial score (nSPS) is 10.2. The molecule has 0 fully saturated rings. The highest BCUT2D eigenvalue weighted by atomic mass is 32.1. The highest BCUT2D eigenvalue weighted by molar-refractivity contribution is 6.99. The minimum absolute atomic E-state index is 0.142. The van der Waals surface area contributed by atoms with Gasteiger partial charge in [0.25, 0.3) is 5.91 Å². The van der Waals surface area contributed by atoms with Crippen molar-refractivity contribution < 1.29 is 19.1 Å². The summed E-state index contributed by atoms with van der Waals surface area (Å²) in [5.41, 5.74) is 2.42. The van der Waals surface area contributed by atoms with Gasteiger partial charge in [-0.2, -0.15) is 8.75 Å². The van der Waals surface area contributed by atoms with Crippen LogP contribution in [0.5, 0.6) is 0 Å². The van der Waals surface area contributed by atoms with Crippen LogP contribution >= 0.6 is 11.7 Å². The van der Waals surface area contributed by atoms with Crippen LogP contribution in [0.1, 0.15) is 32.0 Å². The van der Waals surface area contributed by atoms with Crippen LogP contribution in [0.4, 0.5) is 5.69 Å². The Kier molecular flexibility index (Phi) is 6.64. The van der Waals surface area contributed by atoms with Gasteiger partial charge in [0.15, 0.2) is 5.69 Å². The van der Waals surface area contributed by atoms with Gasteiger partial charge in [-0.25, -0.2) is 4.79 Å². The van der Waals surface area contributed by atoms with E-state index in [1.165, 1.54) is 19.4 Å².